The summed E-state index contributed by atoms with van der Waals surface area (Å²) in [5.41, 5.74) is -0.784. The number of carbonyl (C=O) groups is 2. The number of carbonyl (C=O) groups excluding carboxylic acids is 2. The van der Waals surface area contributed by atoms with E-state index in [1.54, 1.807) is 41.3 Å². The molecule has 2 aromatic carbocycles. The number of hydrogen-bond acceptors (Lipinski definition) is 5. The molecule has 1 saturated heterocycles. The number of amides is 2. The van der Waals surface area contributed by atoms with Crippen LogP contribution in [-0.4, -0.2) is 46.5 Å². The first-order valence-electron chi connectivity index (χ1n) is 10.6. The summed E-state index contributed by atoms with van der Waals surface area (Å²) in [6.07, 6.45) is -0.457. The molecule has 2 amide bonds. The van der Waals surface area contributed by atoms with Crippen molar-refractivity contribution in [3.63, 3.8) is 0 Å². The number of amidine groups is 1. The van der Waals surface area contributed by atoms with Crippen molar-refractivity contribution in [3.05, 3.63) is 69.9 Å². The van der Waals surface area contributed by atoms with Gasteiger partial charge in [-0.2, -0.15) is 0 Å². The van der Waals surface area contributed by atoms with Crippen molar-refractivity contribution in [2.75, 3.05) is 18.8 Å². The lowest BCUT2D eigenvalue weighted by atomic mass is 9.81. The van der Waals surface area contributed by atoms with Crippen LogP contribution in [0.25, 0.3) is 0 Å². The zero-order valence-corrected chi connectivity index (χ0v) is 21.0. The van der Waals surface area contributed by atoms with E-state index in [-0.39, 0.29) is 18.4 Å². The Morgan fingerprint density at radius 1 is 1.24 bits per heavy atom. The standard InChI is InChI=1S/C24H25BrFN3O3S/c1-23(2,3)32-22(31)29-12-16-13-33-21(27-20(30)15-7-5-4-6-8-15)28-24(16,14-29)18-11-17(25)9-10-19(18)26/h4-11,16H,12-14H2,1-3H3,(H,27,28,30)/t16-,24+/m1/s1. The molecule has 174 valence electrons. The maximum atomic E-state index is 15.1. The monoisotopic (exact) mass is 533 g/mol. The SMILES string of the molecule is CC(C)(C)OC(=O)N1C[C@@H]2CSC(NC(=O)c3ccccc3)=N[C@@]2(c2cc(Br)ccc2F)C1. The van der Waals surface area contributed by atoms with Gasteiger partial charge in [0.25, 0.3) is 5.91 Å². The number of nitrogens with zero attached hydrogens (tertiary/aromatic N) is 2. The van der Waals surface area contributed by atoms with E-state index >= 15 is 4.39 Å². The maximum Gasteiger partial charge on any atom is 0.410 e. The Morgan fingerprint density at radius 2 is 1.97 bits per heavy atom. The molecule has 4 rings (SSSR count). The third-order valence-corrected chi connectivity index (χ3v) is 7.10. The normalized spacial score (nSPS) is 22.4. The molecule has 0 spiro atoms. The van der Waals surface area contributed by atoms with Crippen molar-refractivity contribution in [2.45, 2.75) is 31.9 Å². The van der Waals surface area contributed by atoms with Gasteiger partial charge in [-0.1, -0.05) is 45.9 Å². The lowest BCUT2D eigenvalue weighted by Gasteiger charge is -2.35. The number of halogens is 2. The van der Waals surface area contributed by atoms with Crippen LogP contribution in [0.1, 0.15) is 36.7 Å². The smallest absolute Gasteiger partial charge is 0.410 e. The molecule has 0 saturated carbocycles. The molecule has 0 bridgehead atoms. The number of rotatable bonds is 2. The van der Waals surface area contributed by atoms with E-state index in [0.29, 0.717) is 33.1 Å². The summed E-state index contributed by atoms with van der Waals surface area (Å²) in [7, 11) is 0. The minimum absolute atomic E-state index is 0.142. The third kappa shape index (κ3) is 5.09. The van der Waals surface area contributed by atoms with E-state index < -0.39 is 23.1 Å². The number of thioether (sulfide) groups is 1. The maximum absolute atomic E-state index is 15.1. The van der Waals surface area contributed by atoms with Crippen molar-refractivity contribution in [3.8, 4) is 0 Å². The van der Waals surface area contributed by atoms with Crippen LogP contribution in [0.3, 0.4) is 0 Å². The molecule has 0 unspecified atom stereocenters. The highest BCUT2D eigenvalue weighted by molar-refractivity contribution is 9.10. The molecule has 33 heavy (non-hydrogen) atoms. The van der Waals surface area contributed by atoms with Crippen LogP contribution in [-0.2, 0) is 10.3 Å². The van der Waals surface area contributed by atoms with Gasteiger partial charge < -0.3 is 15.0 Å². The second-order valence-corrected chi connectivity index (χ2v) is 11.1. The molecule has 2 aromatic rings. The molecule has 0 radical (unpaired) electrons. The van der Waals surface area contributed by atoms with E-state index in [2.05, 4.69) is 21.2 Å². The van der Waals surface area contributed by atoms with Crippen molar-refractivity contribution in [1.82, 2.24) is 10.2 Å². The van der Waals surface area contributed by atoms with Gasteiger partial charge in [0.05, 0.1) is 6.54 Å². The number of likely N-dealkylation sites (tertiary alicyclic amines) is 1. The Labute approximate surface area is 205 Å². The number of nitrogens with one attached hydrogen (secondary N) is 1. The molecular formula is C24H25BrFN3O3S. The molecule has 1 N–H and O–H groups in total. The van der Waals surface area contributed by atoms with Crippen LogP contribution in [0, 0.1) is 11.7 Å². The van der Waals surface area contributed by atoms with Gasteiger partial charge in [0.1, 0.15) is 17.0 Å². The minimum Gasteiger partial charge on any atom is -0.444 e. The molecule has 2 atom stereocenters. The number of ether oxygens (including phenoxy) is 1. The van der Waals surface area contributed by atoms with Gasteiger partial charge in [0.15, 0.2) is 5.17 Å². The molecule has 0 aliphatic carbocycles. The molecule has 9 heteroatoms. The summed E-state index contributed by atoms with van der Waals surface area (Å²) in [6.45, 7) is 5.97. The summed E-state index contributed by atoms with van der Waals surface area (Å²) >= 11 is 4.83. The van der Waals surface area contributed by atoms with Gasteiger partial charge in [-0.15, -0.1) is 0 Å². The first-order chi connectivity index (χ1) is 15.6. The minimum atomic E-state index is -1.03. The Hall–Kier alpha value is -2.39. The number of fused-ring (bicyclic) bond motifs is 1. The zero-order chi connectivity index (χ0) is 23.8. The van der Waals surface area contributed by atoms with Gasteiger partial charge in [0.2, 0.25) is 0 Å². The first-order valence-corrected chi connectivity index (χ1v) is 12.4. The fourth-order valence-corrected chi connectivity index (χ4v) is 5.59. The Morgan fingerprint density at radius 3 is 2.67 bits per heavy atom. The van der Waals surface area contributed by atoms with Crippen molar-refractivity contribution in [1.29, 1.82) is 0 Å². The number of benzene rings is 2. The first kappa shape index (κ1) is 23.8. The molecule has 0 aromatic heterocycles. The van der Waals surface area contributed by atoms with E-state index in [0.717, 1.165) is 0 Å². The molecule has 6 nitrogen and oxygen atoms in total. The Balaban J connectivity index is 1.71. The lowest BCUT2D eigenvalue weighted by Crippen LogP contribution is -2.43. The van der Waals surface area contributed by atoms with Gasteiger partial charge in [-0.05, 0) is 51.1 Å². The van der Waals surface area contributed by atoms with Crippen LogP contribution in [0.4, 0.5) is 9.18 Å². The highest BCUT2D eigenvalue weighted by Gasteiger charge is 2.53. The van der Waals surface area contributed by atoms with E-state index in [4.69, 9.17) is 9.73 Å². The molecular weight excluding hydrogens is 509 g/mol. The lowest BCUT2D eigenvalue weighted by molar-refractivity contribution is 0.0281. The van der Waals surface area contributed by atoms with E-state index in [1.807, 2.05) is 26.8 Å². The topological polar surface area (TPSA) is 71.0 Å². The van der Waals surface area contributed by atoms with Crippen LogP contribution in [0.15, 0.2) is 58.0 Å². The van der Waals surface area contributed by atoms with Crippen molar-refractivity contribution < 1.29 is 18.7 Å². The molecule has 2 heterocycles. The highest BCUT2D eigenvalue weighted by atomic mass is 79.9. The van der Waals surface area contributed by atoms with Crippen LogP contribution >= 0.6 is 27.7 Å². The quantitative estimate of drug-likeness (QED) is 0.577. The van der Waals surface area contributed by atoms with E-state index in [1.165, 1.54) is 17.8 Å². The second-order valence-electron chi connectivity index (χ2n) is 9.15. The molecule has 2 aliphatic rings. The zero-order valence-electron chi connectivity index (χ0n) is 18.6. The van der Waals surface area contributed by atoms with Crippen molar-refractivity contribution in [2.24, 2.45) is 10.9 Å². The van der Waals surface area contributed by atoms with E-state index in [9.17, 15) is 9.59 Å². The van der Waals surface area contributed by atoms with Gasteiger partial charge in [-0.25, -0.2) is 14.2 Å². The fraction of sp³-hybridized carbons (Fsp3) is 0.375. The largest absolute Gasteiger partial charge is 0.444 e. The highest BCUT2D eigenvalue weighted by Crippen LogP contribution is 2.47. The summed E-state index contributed by atoms with van der Waals surface area (Å²) < 4.78 is 21.4. The molecule has 2 aliphatic heterocycles. The summed E-state index contributed by atoms with van der Waals surface area (Å²) in [6, 6.07) is 13.6. The molecule has 1 fully saturated rings. The predicted octanol–water partition coefficient (Wildman–Crippen LogP) is 5.18. The Bertz CT molecular complexity index is 1110. The van der Waals surface area contributed by atoms with Gasteiger partial charge in [0, 0.05) is 33.8 Å². The van der Waals surface area contributed by atoms with Crippen LogP contribution in [0.5, 0.6) is 0 Å². The summed E-state index contributed by atoms with van der Waals surface area (Å²) in [4.78, 5) is 32.0. The summed E-state index contributed by atoms with van der Waals surface area (Å²) in [5.74, 6) is -0.263. The second kappa shape index (κ2) is 9.10. The number of hydrogen-bond donors (Lipinski definition) is 1. The van der Waals surface area contributed by atoms with Gasteiger partial charge in [-0.3, -0.25) is 4.79 Å². The van der Waals surface area contributed by atoms with Crippen LogP contribution in [0.2, 0.25) is 0 Å². The van der Waals surface area contributed by atoms with Crippen molar-refractivity contribution >= 4 is 44.9 Å². The van der Waals surface area contributed by atoms with Gasteiger partial charge >= 0.3 is 6.09 Å². The third-order valence-electron chi connectivity index (χ3n) is 5.57. The predicted molar refractivity (Wildman–Crippen MR) is 131 cm³/mol. The average Bonchev–Trinajstić information content (AvgIpc) is 3.15. The average molecular weight is 534 g/mol. The van der Waals surface area contributed by atoms with Crippen LogP contribution < -0.4 is 5.32 Å². The summed E-state index contributed by atoms with van der Waals surface area (Å²) in [5, 5.41) is 3.27. The fourth-order valence-electron chi connectivity index (χ4n) is 4.09. The number of aliphatic imine (C=N–C) groups is 1. The Kier molecular flexibility index (Phi) is 6.55.